The normalized spacial score (nSPS) is 22.7. The molecule has 1 aromatic carbocycles. The Morgan fingerprint density at radius 1 is 1.10 bits per heavy atom. The van der Waals surface area contributed by atoms with Crippen molar-refractivity contribution in [2.75, 3.05) is 12.4 Å². The van der Waals surface area contributed by atoms with Crippen LogP contribution in [0.15, 0.2) is 30.5 Å². The molecule has 106 valence electrons. The van der Waals surface area contributed by atoms with Gasteiger partial charge in [-0.3, -0.25) is 0 Å². The van der Waals surface area contributed by atoms with Crippen LogP contribution in [0.2, 0.25) is 0 Å². The molecule has 0 bridgehead atoms. The quantitative estimate of drug-likeness (QED) is 0.906. The molecular formula is C17H22N2O. The summed E-state index contributed by atoms with van der Waals surface area (Å²) in [5.74, 6) is 2.76. The number of ether oxygens (including phenoxy) is 1. The molecular weight excluding hydrogens is 248 g/mol. The summed E-state index contributed by atoms with van der Waals surface area (Å²) < 4.78 is 5.43. The van der Waals surface area contributed by atoms with Crippen molar-refractivity contribution in [3.8, 4) is 5.75 Å². The summed E-state index contributed by atoms with van der Waals surface area (Å²) in [6.07, 6.45) is 6.96. The fourth-order valence-electron chi connectivity index (χ4n) is 3.07. The minimum Gasteiger partial charge on any atom is -0.496 e. The molecule has 3 rings (SSSR count). The molecule has 0 aliphatic heterocycles. The van der Waals surface area contributed by atoms with Crippen molar-refractivity contribution in [3.05, 3.63) is 30.5 Å². The monoisotopic (exact) mass is 270 g/mol. The third kappa shape index (κ3) is 2.58. The Morgan fingerprint density at radius 3 is 2.65 bits per heavy atom. The number of anilines is 1. The topological polar surface area (TPSA) is 34.1 Å². The third-order valence-electron chi connectivity index (χ3n) is 4.34. The van der Waals surface area contributed by atoms with Crippen molar-refractivity contribution in [3.63, 3.8) is 0 Å². The molecule has 0 unspecified atom stereocenters. The number of pyridine rings is 1. The van der Waals surface area contributed by atoms with Crippen LogP contribution >= 0.6 is 0 Å². The first-order chi connectivity index (χ1) is 9.78. The summed E-state index contributed by atoms with van der Waals surface area (Å²) in [6, 6.07) is 8.70. The molecule has 1 saturated carbocycles. The lowest BCUT2D eigenvalue weighted by atomic mass is 9.87. The molecule has 1 heterocycles. The molecule has 0 atom stereocenters. The Balaban J connectivity index is 1.88. The zero-order chi connectivity index (χ0) is 13.9. The second kappa shape index (κ2) is 5.70. The van der Waals surface area contributed by atoms with Gasteiger partial charge in [0.2, 0.25) is 0 Å². The average molecular weight is 270 g/mol. The lowest BCUT2D eigenvalue weighted by Gasteiger charge is -2.27. The molecule has 1 aliphatic rings. The maximum absolute atomic E-state index is 5.43. The van der Waals surface area contributed by atoms with Crippen molar-refractivity contribution in [1.29, 1.82) is 0 Å². The van der Waals surface area contributed by atoms with E-state index in [1.807, 2.05) is 24.4 Å². The van der Waals surface area contributed by atoms with E-state index in [0.29, 0.717) is 6.04 Å². The van der Waals surface area contributed by atoms with Crippen LogP contribution in [0.1, 0.15) is 32.6 Å². The average Bonchev–Trinajstić information content (AvgIpc) is 2.49. The fraction of sp³-hybridized carbons (Fsp3) is 0.471. The lowest BCUT2D eigenvalue weighted by molar-refractivity contribution is 0.361. The maximum atomic E-state index is 5.43. The van der Waals surface area contributed by atoms with Gasteiger partial charge in [0.1, 0.15) is 11.6 Å². The Labute approximate surface area is 120 Å². The molecule has 1 fully saturated rings. The fourth-order valence-corrected chi connectivity index (χ4v) is 3.07. The predicted molar refractivity (Wildman–Crippen MR) is 83.3 cm³/mol. The van der Waals surface area contributed by atoms with E-state index in [1.54, 1.807) is 7.11 Å². The Bertz CT molecular complexity index is 589. The maximum Gasteiger partial charge on any atom is 0.134 e. The number of hydrogen-bond acceptors (Lipinski definition) is 3. The van der Waals surface area contributed by atoms with E-state index in [4.69, 9.17) is 4.74 Å². The first kappa shape index (κ1) is 13.2. The van der Waals surface area contributed by atoms with Gasteiger partial charge in [-0.2, -0.15) is 0 Å². The van der Waals surface area contributed by atoms with Crippen molar-refractivity contribution >= 4 is 16.6 Å². The number of fused-ring (bicyclic) bond motifs is 1. The summed E-state index contributed by atoms with van der Waals surface area (Å²) in [5.41, 5.74) is 0. The van der Waals surface area contributed by atoms with Gasteiger partial charge in [0.05, 0.1) is 7.11 Å². The second-order valence-electron chi connectivity index (χ2n) is 5.82. The van der Waals surface area contributed by atoms with Crippen molar-refractivity contribution < 1.29 is 4.74 Å². The van der Waals surface area contributed by atoms with Crippen LogP contribution in [0, 0.1) is 5.92 Å². The van der Waals surface area contributed by atoms with Crippen LogP contribution in [0.25, 0.3) is 10.8 Å². The van der Waals surface area contributed by atoms with Crippen LogP contribution in [-0.2, 0) is 0 Å². The molecule has 2 aromatic rings. The number of rotatable bonds is 3. The van der Waals surface area contributed by atoms with E-state index in [0.717, 1.165) is 28.3 Å². The van der Waals surface area contributed by atoms with Gasteiger partial charge in [-0.1, -0.05) is 19.1 Å². The highest BCUT2D eigenvalue weighted by atomic mass is 16.5. The molecule has 0 saturated heterocycles. The number of nitrogens with one attached hydrogen (secondary N) is 1. The van der Waals surface area contributed by atoms with E-state index in [9.17, 15) is 0 Å². The van der Waals surface area contributed by atoms with Gasteiger partial charge < -0.3 is 10.1 Å². The van der Waals surface area contributed by atoms with Gasteiger partial charge in [0, 0.05) is 23.0 Å². The smallest absolute Gasteiger partial charge is 0.134 e. The number of methoxy groups -OCH3 is 1. The molecule has 1 aromatic heterocycles. The van der Waals surface area contributed by atoms with Gasteiger partial charge in [-0.05, 0) is 43.7 Å². The minimum atomic E-state index is 0.551. The molecule has 0 spiro atoms. The molecule has 0 radical (unpaired) electrons. The SMILES string of the molecule is COc1cccc2c(NC3CCC(C)CC3)nccc12. The van der Waals surface area contributed by atoms with Crippen LogP contribution in [0.4, 0.5) is 5.82 Å². The molecule has 1 aliphatic carbocycles. The molecule has 1 N–H and O–H groups in total. The zero-order valence-corrected chi connectivity index (χ0v) is 12.2. The molecule has 0 amide bonds. The van der Waals surface area contributed by atoms with Crippen LogP contribution in [-0.4, -0.2) is 18.1 Å². The van der Waals surface area contributed by atoms with E-state index in [1.165, 1.54) is 25.7 Å². The number of benzene rings is 1. The van der Waals surface area contributed by atoms with E-state index in [-0.39, 0.29) is 0 Å². The second-order valence-corrected chi connectivity index (χ2v) is 5.82. The van der Waals surface area contributed by atoms with Gasteiger partial charge in [0.25, 0.3) is 0 Å². The highest BCUT2D eigenvalue weighted by Gasteiger charge is 2.19. The van der Waals surface area contributed by atoms with Crippen LogP contribution in [0.5, 0.6) is 5.75 Å². The highest BCUT2D eigenvalue weighted by Crippen LogP contribution is 2.31. The lowest BCUT2D eigenvalue weighted by Crippen LogP contribution is -2.25. The molecule has 20 heavy (non-hydrogen) atoms. The number of aromatic nitrogens is 1. The van der Waals surface area contributed by atoms with E-state index in [2.05, 4.69) is 23.3 Å². The Kier molecular flexibility index (Phi) is 3.77. The summed E-state index contributed by atoms with van der Waals surface area (Å²) in [4.78, 5) is 4.53. The predicted octanol–water partition coefficient (Wildman–Crippen LogP) is 4.23. The zero-order valence-electron chi connectivity index (χ0n) is 12.2. The van der Waals surface area contributed by atoms with Gasteiger partial charge in [0.15, 0.2) is 0 Å². The van der Waals surface area contributed by atoms with Crippen molar-refractivity contribution in [1.82, 2.24) is 4.98 Å². The van der Waals surface area contributed by atoms with Crippen molar-refractivity contribution in [2.45, 2.75) is 38.6 Å². The summed E-state index contributed by atoms with van der Waals surface area (Å²) >= 11 is 0. The van der Waals surface area contributed by atoms with Crippen molar-refractivity contribution in [2.24, 2.45) is 5.92 Å². The standard InChI is InChI=1S/C17H22N2O/c1-12-6-8-13(9-7-12)19-17-15-4-3-5-16(20-2)14(15)10-11-18-17/h3-5,10-13H,6-9H2,1-2H3,(H,18,19). The summed E-state index contributed by atoms with van der Waals surface area (Å²) in [7, 11) is 1.71. The van der Waals surface area contributed by atoms with Gasteiger partial charge in [-0.15, -0.1) is 0 Å². The van der Waals surface area contributed by atoms with Crippen LogP contribution in [0.3, 0.4) is 0 Å². The largest absolute Gasteiger partial charge is 0.496 e. The van der Waals surface area contributed by atoms with E-state index < -0.39 is 0 Å². The number of hydrogen-bond donors (Lipinski definition) is 1. The third-order valence-corrected chi connectivity index (χ3v) is 4.34. The summed E-state index contributed by atoms with van der Waals surface area (Å²) in [6.45, 7) is 2.34. The first-order valence-corrected chi connectivity index (χ1v) is 7.46. The Morgan fingerprint density at radius 2 is 1.90 bits per heavy atom. The van der Waals surface area contributed by atoms with Crippen LogP contribution < -0.4 is 10.1 Å². The minimum absolute atomic E-state index is 0.551. The molecule has 3 heteroatoms. The van der Waals surface area contributed by atoms with E-state index >= 15 is 0 Å². The molecule has 3 nitrogen and oxygen atoms in total. The van der Waals surface area contributed by atoms with Gasteiger partial charge in [-0.25, -0.2) is 4.98 Å². The number of nitrogens with zero attached hydrogens (tertiary/aromatic N) is 1. The Hall–Kier alpha value is -1.77. The van der Waals surface area contributed by atoms with Gasteiger partial charge >= 0.3 is 0 Å². The highest BCUT2D eigenvalue weighted by molar-refractivity contribution is 5.95. The summed E-state index contributed by atoms with van der Waals surface area (Å²) in [5, 5.41) is 5.89. The first-order valence-electron chi connectivity index (χ1n) is 7.46.